The van der Waals surface area contributed by atoms with Gasteiger partial charge in [-0.05, 0) is 83.1 Å². The summed E-state index contributed by atoms with van der Waals surface area (Å²) in [6, 6.07) is 0.969. The summed E-state index contributed by atoms with van der Waals surface area (Å²) in [6.45, 7) is 1.05. The van der Waals surface area contributed by atoms with E-state index in [9.17, 15) is 9.90 Å². The molecule has 6 atom stereocenters. The topological polar surface area (TPSA) is 120 Å². The number of aromatic amines is 1. The standard InChI is InChI=1S/C28H43N7O2/c36-22-8-9-23-19(13-22)14-25(32-23)28(37)34-24(15-20-3-1-2-10-30-20)27-31-16-26(33-27)18-4-6-21(7-5-18)35-12-11-29-17-35/h11-12,16-25,30,32,36H,1-10,13-15H2,(H,31,33)(H,34,37)/t18?,19?,20?,21?,22?,23?,24-,25?/m0/s1. The summed E-state index contributed by atoms with van der Waals surface area (Å²) in [7, 11) is 0. The maximum Gasteiger partial charge on any atom is 0.237 e. The molecule has 5 unspecified atom stereocenters. The van der Waals surface area contributed by atoms with Crippen LogP contribution in [0.3, 0.4) is 0 Å². The summed E-state index contributed by atoms with van der Waals surface area (Å²) < 4.78 is 2.24. The molecule has 2 aliphatic heterocycles. The minimum Gasteiger partial charge on any atom is -0.393 e. The van der Waals surface area contributed by atoms with Gasteiger partial charge in [0.05, 0.1) is 24.5 Å². The number of rotatable bonds is 7. The number of nitrogens with zero attached hydrogens (tertiary/aromatic N) is 3. The monoisotopic (exact) mass is 509 g/mol. The minimum absolute atomic E-state index is 0.0727. The summed E-state index contributed by atoms with van der Waals surface area (Å²) in [6.07, 6.45) is 20.1. The molecule has 6 rings (SSSR count). The van der Waals surface area contributed by atoms with Gasteiger partial charge < -0.3 is 30.6 Å². The van der Waals surface area contributed by atoms with Crippen molar-refractivity contribution in [1.29, 1.82) is 0 Å². The van der Waals surface area contributed by atoms with Crippen molar-refractivity contribution in [2.24, 2.45) is 5.92 Å². The molecular formula is C28H43N7O2. The number of amides is 1. The van der Waals surface area contributed by atoms with Crippen LogP contribution >= 0.6 is 0 Å². The van der Waals surface area contributed by atoms with Crippen molar-refractivity contribution in [1.82, 2.24) is 35.5 Å². The van der Waals surface area contributed by atoms with Crippen LogP contribution in [0.4, 0.5) is 0 Å². The molecule has 2 aromatic heterocycles. The van der Waals surface area contributed by atoms with Gasteiger partial charge in [-0.15, -0.1) is 0 Å². The van der Waals surface area contributed by atoms with Crippen molar-refractivity contribution in [2.45, 2.75) is 119 Å². The molecule has 4 fully saturated rings. The third kappa shape index (κ3) is 5.78. The second kappa shape index (κ2) is 11.3. The van der Waals surface area contributed by atoms with Crippen LogP contribution in [0.5, 0.6) is 0 Å². The molecule has 2 aliphatic carbocycles. The molecule has 2 saturated heterocycles. The van der Waals surface area contributed by atoms with Crippen LogP contribution in [0, 0.1) is 5.92 Å². The molecule has 37 heavy (non-hydrogen) atoms. The third-order valence-electron chi connectivity index (χ3n) is 9.50. The number of nitrogens with one attached hydrogen (secondary N) is 4. The molecule has 9 nitrogen and oxygen atoms in total. The molecule has 0 aromatic carbocycles. The van der Waals surface area contributed by atoms with Crippen LogP contribution in [0.2, 0.25) is 0 Å². The average molecular weight is 510 g/mol. The fourth-order valence-corrected chi connectivity index (χ4v) is 7.36. The number of aromatic nitrogens is 4. The maximum atomic E-state index is 13.4. The zero-order valence-corrected chi connectivity index (χ0v) is 21.8. The molecule has 4 aliphatic rings. The number of hydrogen-bond donors (Lipinski definition) is 5. The molecule has 2 aromatic rings. The number of fused-ring (bicyclic) bond motifs is 1. The Kier molecular flexibility index (Phi) is 7.62. The predicted molar refractivity (Wildman–Crippen MR) is 141 cm³/mol. The number of hydrogen-bond acceptors (Lipinski definition) is 6. The molecule has 1 amide bonds. The van der Waals surface area contributed by atoms with E-state index >= 15 is 0 Å². The smallest absolute Gasteiger partial charge is 0.237 e. The van der Waals surface area contributed by atoms with Crippen molar-refractivity contribution in [3.05, 3.63) is 36.4 Å². The Morgan fingerprint density at radius 2 is 2.03 bits per heavy atom. The first-order valence-electron chi connectivity index (χ1n) is 14.6. The fourth-order valence-electron chi connectivity index (χ4n) is 7.36. The molecule has 0 bridgehead atoms. The highest BCUT2D eigenvalue weighted by Gasteiger charge is 2.41. The van der Waals surface area contributed by atoms with Gasteiger partial charge in [0.15, 0.2) is 0 Å². The van der Waals surface area contributed by atoms with Gasteiger partial charge in [0.1, 0.15) is 5.82 Å². The lowest BCUT2D eigenvalue weighted by molar-refractivity contribution is -0.123. The Morgan fingerprint density at radius 1 is 1.14 bits per heavy atom. The highest BCUT2D eigenvalue weighted by Crippen LogP contribution is 2.38. The largest absolute Gasteiger partial charge is 0.393 e. The molecule has 9 heteroatoms. The number of H-pyrrole nitrogens is 1. The van der Waals surface area contributed by atoms with Crippen molar-refractivity contribution in [3.8, 4) is 0 Å². The Labute approximate surface area is 219 Å². The number of carbonyl (C=O) groups excluding carboxylic acids is 1. The number of piperidine rings is 1. The molecule has 202 valence electrons. The molecular weight excluding hydrogens is 466 g/mol. The summed E-state index contributed by atoms with van der Waals surface area (Å²) in [4.78, 5) is 26.1. The van der Waals surface area contributed by atoms with E-state index in [-0.39, 0.29) is 24.1 Å². The first-order valence-corrected chi connectivity index (χ1v) is 14.6. The SMILES string of the molecule is O=C(N[C@@H](CC1CCCCN1)c1ncc(C2CCC(n3ccnc3)CC2)[nH]1)C1CC2CC(O)CCC2N1. The normalized spacial score (nSPS) is 35.1. The third-order valence-corrected chi connectivity index (χ3v) is 9.50. The zero-order chi connectivity index (χ0) is 25.2. The van der Waals surface area contributed by atoms with Crippen molar-refractivity contribution in [2.75, 3.05) is 6.54 Å². The van der Waals surface area contributed by atoms with Gasteiger partial charge in [-0.1, -0.05) is 6.42 Å². The van der Waals surface area contributed by atoms with Gasteiger partial charge in [0.25, 0.3) is 0 Å². The Balaban J connectivity index is 1.11. The van der Waals surface area contributed by atoms with Gasteiger partial charge in [-0.25, -0.2) is 9.97 Å². The quantitative estimate of drug-likeness (QED) is 0.391. The van der Waals surface area contributed by atoms with Crippen LogP contribution in [0.25, 0.3) is 0 Å². The number of aliphatic hydroxyl groups excluding tert-OH is 1. The summed E-state index contributed by atoms with van der Waals surface area (Å²) in [5.41, 5.74) is 1.20. The van der Waals surface area contributed by atoms with Gasteiger partial charge in [0.2, 0.25) is 5.91 Å². The number of carbonyl (C=O) groups is 1. The zero-order valence-electron chi connectivity index (χ0n) is 21.8. The summed E-state index contributed by atoms with van der Waals surface area (Å²) >= 11 is 0. The molecule has 0 spiro atoms. The van der Waals surface area contributed by atoms with Crippen molar-refractivity contribution in [3.63, 3.8) is 0 Å². The Bertz CT molecular complexity index is 1010. The van der Waals surface area contributed by atoms with E-state index in [0.29, 0.717) is 30.0 Å². The molecule has 2 saturated carbocycles. The van der Waals surface area contributed by atoms with Crippen molar-refractivity contribution >= 4 is 5.91 Å². The second-order valence-electron chi connectivity index (χ2n) is 12.0. The van der Waals surface area contributed by atoms with Gasteiger partial charge in [-0.2, -0.15) is 0 Å². The average Bonchev–Trinajstić information content (AvgIpc) is 3.70. The van der Waals surface area contributed by atoms with E-state index in [0.717, 1.165) is 76.6 Å². The van der Waals surface area contributed by atoms with Gasteiger partial charge in [0, 0.05) is 48.3 Å². The van der Waals surface area contributed by atoms with E-state index in [1.165, 1.54) is 18.5 Å². The molecule has 0 radical (unpaired) electrons. The first kappa shape index (κ1) is 25.1. The fraction of sp³-hybridized carbons (Fsp3) is 0.750. The highest BCUT2D eigenvalue weighted by molar-refractivity contribution is 5.82. The van der Waals surface area contributed by atoms with E-state index in [1.54, 1.807) is 0 Å². The van der Waals surface area contributed by atoms with E-state index in [4.69, 9.17) is 4.98 Å². The van der Waals surface area contributed by atoms with Gasteiger partial charge >= 0.3 is 0 Å². The second-order valence-corrected chi connectivity index (χ2v) is 12.0. The lowest BCUT2D eigenvalue weighted by Gasteiger charge is -2.29. The molecule has 5 N–H and O–H groups in total. The van der Waals surface area contributed by atoms with E-state index in [2.05, 4.69) is 36.7 Å². The van der Waals surface area contributed by atoms with Crippen molar-refractivity contribution < 1.29 is 9.90 Å². The van der Waals surface area contributed by atoms with Crippen LogP contribution in [-0.2, 0) is 4.79 Å². The van der Waals surface area contributed by atoms with E-state index < -0.39 is 0 Å². The maximum absolute atomic E-state index is 13.4. The predicted octanol–water partition coefficient (Wildman–Crippen LogP) is 3.09. The first-order chi connectivity index (χ1) is 18.1. The lowest BCUT2D eigenvalue weighted by Crippen LogP contribution is -2.46. The van der Waals surface area contributed by atoms with Crippen LogP contribution < -0.4 is 16.0 Å². The minimum atomic E-state index is -0.216. The molecule has 4 heterocycles. The summed E-state index contributed by atoms with van der Waals surface area (Å²) in [5.74, 6) is 1.84. The lowest BCUT2D eigenvalue weighted by atomic mass is 9.83. The number of aliphatic hydroxyl groups is 1. The Hall–Kier alpha value is -2.23. The van der Waals surface area contributed by atoms with E-state index in [1.807, 2.05) is 18.7 Å². The van der Waals surface area contributed by atoms with Crippen LogP contribution in [0.15, 0.2) is 24.9 Å². The number of imidazole rings is 2. The summed E-state index contributed by atoms with van der Waals surface area (Å²) in [5, 5.41) is 20.7. The van der Waals surface area contributed by atoms with Crippen LogP contribution in [0.1, 0.15) is 107 Å². The Morgan fingerprint density at radius 3 is 2.81 bits per heavy atom. The highest BCUT2D eigenvalue weighted by atomic mass is 16.3. The van der Waals surface area contributed by atoms with Crippen LogP contribution in [-0.4, -0.2) is 61.3 Å². The van der Waals surface area contributed by atoms with Gasteiger partial charge in [-0.3, -0.25) is 4.79 Å².